The summed E-state index contributed by atoms with van der Waals surface area (Å²) in [5.74, 6) is 0. The standard InChI is InChI=1S/C45H42BClN2.C45H45ClN2/c1-25-20-37-40-38(21-25)49-41-29(39-42(49)28-12-9-10-14-30(28)45(39,7)8)13-11-15-34(41)46(40)33-17-16-27(47)23-36(33)48(37)35-24-32-31(22-26(35)2)43(3,4)18-19-44(32,5)6;1-28-22-32(26-33(23-28)48-39-19-12-10-17-35(39)41-42(48)34-16-9-11-18-36(34)45(41,7)8)47(31-15-13-14-30(46)25-31)40-27-38-37(24-29(40)2)43(3,4)20-21-44(38,5)6/h9-17,20-24H,18-19H2,1-8H3;9-19,22-27H,20-21H2,1-8H3. The van der Waals surface area contributed by atoms with Crippen LogP contribution in [0.4, 0.5) is 34.1 Å². The van der Waals surface area contributed by atoms with E-state index in [9.17, 15) is 0 Å². The van der Waals surface area contributed by atoms with E-state index >= 15 is 0 Å². The van der Waals surface area contributed by atoms with Gasteiger partial charge in [-0.25, -0.2) is 0 Å². The van der Waals surface area contributed by atoms with Crippen LogP contribution in [0.5, 0.6) is 0 Å². The molecule has 0 bridgehead atoms. The highest BCUT2D eigenvalue weighted by molar-refractivity contribution is 7.00. The Morgan fingerprint density at radius 2 is 0.928 bits per heavy atom. The second kappa shape index (κ2) is 21.0. The minimum Gasteiger partial charge on any atom is -0.311 e. The number of para-hydroxylation sites is 2. The smallest absolute Gasteiger partial charge is 0.252 e. The molecule has 4 nitrogen and oxygen atoms in total. The maximum Gasteiger partial charge on any atom is 0.252 e. The first-order valence-electron chi connectivity index (χ1n) is 35.3. The number of hydrogen-bond donors (Lipinski definition) is 0. The molecule has 484 valence electrons. The third-order valence-electron chi connectivity index (χ3n) is 24.2. The van der Waals surface area contributed by atoms with E-state index in [2.05, 4.69) is 312 Å². The lowest BCUT2D eigenvalue weighted by atomic mass is 9.33. The third kappa shape index (κ3) is 8.95. The van der Waals surface area contributed by atoms with E-state index < -0.39 is 0 Å². The van der Waals surface area contributed by atoms with E-state index in [0.29, 0.717) is 0 Å². The van der Waals surface area contributed by atoms with E-state index in [0.717, 1.165) is 21.4 Å². The molecule has 18 rings (SSSR count). The van der Waals surface area contributed by atoms with Crippen LogP contribution in [0, 0.1) is 27.7 Å². The number of aromatic nitrogens is 2. The van der Waals surface area contributed by atoms with Crippen molar-refractivity contribution in [3.05, 3.63) is 265 Å². The highest BCUT2D eigenvalue weighted by Gasteiger charge is 2.49. The van der Waals surface area contributed by atoms with Crippen molar-refractivity contribution in [2.75, 3.05) is 9.80 Å². The summed E-state index contributed by atoms with van der Waals surface area (Å²) >= 11 is 13.6. The minimum absolute atomic E-state index is 0.0931. The van der Waals surface area contributed by atoms with Gasteiger partial charge in [-0.2, -0.15) is 0 Å². The van der Waals surface area contributed by atoms with Crippen molar-refractivity contribution >= 4 is 102 Å². The quantitative estimate of drug-likeness (QED) is 0.160. The molecule has 0 saturated heterocycles. The second-order valence-corrected chi connectivity index (χ2v) is 34.0. The molecule has 4 heterocycles. The number of aryl methyl sites for hydroxylation is 4. The average Bonchev–Trinajstić information content (AvgIpc) is 1.56. The van der Waals surface area contributed by atoms with Crippen molar-refractivity contribution < 1.29 is 0 Å². The molecule has 0 amide bonds. The highest BCUT2D eigenvalue weighted by atomic mass is 35.5. The van der Waals surface area contributed by atoms with Crippen molar-refractivity contribution in [2.45, 2.75) is 169 Å². The molecule has 0 saturated carbocycles. The summed E-state index contributed by atoms with van der Waals surface area (Å²) in [6, 6.07) is 70.8. The largest absolute Gasteiger partial charge is 0.311 e. The number of benzene rings is 10. The van der Waals surface area contributed by atoms with Gasteiger partial charge in [-0.1, -0.05) is 215 Å². The van der Waals surface area contributed by atoms with E-state index in [-0.39, 0.29) is 39.2 Å². The molecule has 97 heavy (non-hydrogen) atoms. The minimum atomic E-state index is -0.100. The Hall–Kier alpha value is -8.48. The Bertz CT molecular complexity index is 5410. The Morgan fingerprint density at radius 3 is 1.59 bits per heavy atom. The van der Waals surface area contributed by atoms with Crippen LogP contribution in [0.15, 0.2) is 188 Å². The molecule has 10 aromatic carbocycles. The number of fused-ring (bicyclic) bond motifs is 16. The van der Waals surface area contributed by atoms with Gasteiger partial charge in [0.15, 0.2) is 0 Å². The fourth-order valence-electron chi connectivity index (χ4n) is 19.1. The molecule has 0 radical (unpaired) electrons. The topological polar surface area (TPSA) is 16.3 Å². The van der Waals surface area contributed by atoms with E-state index in [1.54, 1.807) is 0 Å². The summed E-state index contributed by atoms with van der Waals surface area (Å²) in [6.45, 7) is 38.1. The van der Waals surface area contributed by atoms with Crippen LogP contribution in [0.2, 0.25) is 10.0 Å². The van der Waals surface area contributed by atoms with Crippen LogP contribution < -0.4 is 26.2 Å². The predicted molar refractivity (Wildman–Crippen MR) is 415 cm³/mol. The number of nitrogens with zero attached hydrogens (tertiary/aromatic N) is 4. The zero-order chi connectivity index (χ0) is 67.7. The molecule has 0 fully saturated rings. The Labute approximate surface area is 585 Å². The monoisotopic (exact) mass is 1300 g/mol. The number of halogens is 2. The average molecular weight is 1310 g/mol. The number of rotatable bonds is 5. The van der Waals surface area contributed by atoms with Crippen LogP contribution in [0.25, 0.3) is 55.7 Å². The van der Waals surface area contributed by atoms with Gasteiger partial charge in [-0.05, 0) is 237 Å². The molecule has 2 aliphatic heterocycles. The Morgan fingerprint density at radius 1 is 0.392 bits per heavy atom. The fraction of sp³-hybridized carbons (Fsp3) is 0.289. The molecule has 0 N–H and O–H groups in total. The maximum atomic E-state index is 6.92. The number of anilines is 6. The van der Waals surface area contributed by atoms with Crippen molar-refractivity contribution in [2.24, 2.45) is 0 Å². The zero-order valence-electron chi connectivity index (χ0n) is 59.3. The van der Waals surface area contributed by atoms with Crippen molar-refractivity contribution in [3.63, 3.8) is 0 Å². The fourth-order valence-corrected chi connectivity index (χ4v) is 19.4. The first-order chi connectivity index (χ1) is 46.1. The van der Waals surface area contributed by atoms with E-state index in [4.69, 9.17) is 23.2 Å². The summed E-state index contributed by atoms with van der Waals surface area (Å²) in [6.07, 6.45) is 4.75. The highest BCUT2D eigenvalue weighted by Crippen LogP contribution is 2.58. The lowest BCUT2D eigenvalue weighted by molar-refractivity contribution is 0.332. The molecular formula is C90H87BCl2N4. The van der Waals surface area contributed by atoms with Gasteiger partial charge in [0.1, 0.15) is 0 Å². The lowest BCUT2D eigenvalue weighted by Gasteiger charge is -2.44. The summed E-state index contributed by atoms with van der Waals surface area (Å²) in [4.78, 5) is 4.99. The second-order valence-electron chi connectivity index (χ2n) is 33.2. The van der Waals surface area contributed by atoms with Gasteiger partial charge in [-0.15, -0.1) is 0 Å². The molecule has 12 aromatic rings. The maximum absolute atomic E-state index is 6.92. The van der Waals surface area contributed by atoms with Gasteiger partial charge in [0.05, 0.1) is 16.9 Å². The first kappa shape index (κ1) is 62.1. The van der Waals surface area contributed by atoms with E-state index in [1.807, 2.05) is 6.07 Å². The summed E-state index contributed by atoms with van der Waals surface area (Å²) in [7, 11) is 0. The Balaban J connectivity index is 0.000000146. The van der Waals surface area contributed by atoms with Gasteiger partial charge in [-0.3, -0.25) is 0 Å². The van der Waals surface area contributed by atoms with Gasteiger partial charge in [0.2, 0.25) is 0 Å². The van der Waals surface area contributed by atoms with Gasteiger partial charge in [0, 0.05) is 93.8 Å². The van der Waals surface area contributed by atoms with Crippen LogP contribution in [-0.2, 0) is 32.5 Å². The summed E-state index contributed by atoms with van der Waals surface area (Å²) in [5, 5.41) is 4.19. The van der Waals surface area contributed by atoms with Gasteiger partial charge < -0.3 is 18.9 Å². The van der Waals surface area contributed by atoms with Gasteiger partial charge in [0.25, 0.3) is 6.71 Å². The lowest BCUT2D eigenvalue weighted by Crippen LogP contribution is -2.60. The molecule has 0 spiro atoms. The van der Waals surface area contributed by atoms with Crippen LogP contribution in [0.3, 0.4) is 0 Å². The zero-order valence-corrected chi connectivity index (χ0v) is 60.9. The Kier molecular flexibility index (Phi) is 13.5. The molecule has 7 heteroatoms. The summed E-state index contributed by atoms with van der Waals surface area (Å²) in [5.41, 5.74) is 38.5. The molecular weight excluding hydrogens is 1220 g/mol. The van der Waals surface area contributed by atoms with Crippen LogP contribution in [-0.4, -0.2) is 15.8 Å². The van der Waals surface area contributed by atoms with Crippen LogP contribution >= 0.6 is 23.2 Å². The SMILES string of the molecule is Cc1cc(N(c2cccc(Cl)c2)c2cc3c(cc2C)C(C)(C)CCC3(C)C)cc(-n2c3c(c4ccccc42)C(C)(C)c2ccccc2-3)c1.Cc1cc2c3c(c1)-n1c4c(c5cccc(c51)B3c1ccc(Cl)cc1N2c1cc2c(cc1C)C(C)(C)CCC2(C)C)C(C)(C)c1ccccc1-4. The molecule has 6 aliphatic rings. The molecule has 0 unspecified atom stereocenters. The normalized spacial score (nSPS) is 17.5. The third-order valence-corrected chi connectivity index (χ3v) is 24.7. The first-order valence-corrected chi connectivity index (χ1v) is 36.1. The predicted octanol–water partition coefficient (Wildman–Crippen LogP) is 23.2. The van der Waals surface area contributed by atoms with Crippen molar-refractivity contribution in [1.82, 2.24) is 9.13 Å². The van der Waals surface area contributed by atoms with Gasteiger partial charge >= 0.3 is 0 Å². The van der Waals surface area contributed by atoms with Crippen LogP contribution in [0.1, 0.15) is 176 Å². The van der Waals surface area contributed by atoms with E-state index in [1.165, 1.54) is 187 Å². The number of hydrogen-bond acceptors (Lipinski definition) is 2. The summed E-state index contributed by atoms with van der Waals surface area (Å²) < 4.78 is 5.15. The van der Waals surface area contributed by atoms with Crippen molar-refractivity contribution in [1.29, 1.82) is 0 Å². The molecule has 4 aliphatic carbocycles. The molecule has 2 aromatic heterocycles. The molecule has 0 atom stereocenters. The van der Waals surface area contributed by atoms with Crippen molar-refractivity contribution in [3.8, 4) is 33.9 Å².